The van der Waals surface area contributed by atoms with Crippen LogP contribution < -0.4 is 5.73 Å². The first-order valence-electron chi connectivity index (χ1n) is 2.79. The molecular weight excluding hydrogens is 217 g/mol. The van der Waals surface area contributed by atoms with E-state index in [1.165, 1.54) is 11.3 Å². The Morgan fingerprint density at radius 3 is 2.90 bits per heavy atom. The molecule has 1 aromatic rings. The average molecular weight is 224 g/mol. The standard InChI is InChI=1S/C6H7BrFNS/c7-4-1-6(10-3-4)5(9)2-8/h1,3,5H,2,9H2/t5-/m1/s1. The second-order valence-corrected chi connectivity index (χ2v) is 3.79. The van der Waals surface area contributed by atoms with E-state index in [1.54, 1.807) is 0 Å². The lowest BCUT2D eigenvalue weighted by Gasteiger charge is -2.00. The van der Waals surface area contributed by atoms with Crippen LogP contribution in [0, 0.1) is 0 Å². The van der Waals surface area contributed by atoms with Gasteiger partial charge in [-0.15, -0.1) is 11.3 Å². The van der Waals surface area contributed by atoms with Gasteiger partial charge in [0.25, 0.3) is 0 Å². The van der Waals surface area contributed by atoms with Crippen molar-refractivity contribution in [3.05, 3.63) is 20.8 Å². The van der Waals surface area contributed by atoms with Crippen molar-refractivity contribution < 1.29 is 4.39 Å². The van der Waals surface area contributed by atoms with E-state index in [9.17, 15) is 4.39 Å². The molecule has 1 aromatic heterocycles. The maximum Gasteiger partial charge on any atom is 0.109 e. The lowest BCUT2D eigenvalue weighted by Crippen LogP contribution is -2.09. The van der Waals surface area contributed by atoms with Crippen LogP contribution in [0.25, 0.3) is 0 Å². The quantitative estimate of drug-likeness (QED) is 0.820. The summed E-state index contributed by atoms with van der Waals surface area (Å²) in [7, 11) is 0. The van der Waals surface area contributed by atoms with Gasteiger partial charge in [0.2, 0.25) is 0 Å². The lowest BCUT2D eigenvalue weighted by atomic mass is 10.3. The van der Waals surface area contributed by atoms with E-state index in [-0.39, 0.29) is 0 Å². The summed E-state index contributed by atoms with van der Waals surface area (Å²) >= 11 is 4.73. The van der Waals surface area contributed by atoms with E-state index in [1.807, 2.05) is 11.4 Å². The summed E-state index contributed by atoms with van der Waals surface area (Å²) in [5, 5.41) is 1.89. The Balaban J connectivity index is 2.74. The van der Waals surface area contributed by atoms with Crippen molar-refractivity contribution in [3.63, 3.8) is 0 Å². The molecular formula is C6H7BrFNS. The molecule has 56 valence electrons. The normalized spacial score (nSPS) is 13.5. The highest BCUT2D eigenvalue weighted by Gasteiger charge is 2.06. The predicted molar refractivity (Wildman–Crippen MR) is 44.9 cm³/mol. The molecule has 0 amide bonds. The Labute approximate surface area is 71.2 Å². The van der Waals surface area contributed by atoms with Gasteiger partial charge in [-0.1, -0.05) is 0 Å². The molecule has 0 aliphatic carbocycles. The van der Waals surface area contributed by atoms with Crippen LogP contribution >= 0.6 is 27.3 Å². The first-order valence-corrected chi connectivity index (χ1v) is 4.47. The zero-order valence-electron chi connectivity index (χ0n) is 5.18. The Morgan fingerprint density at radius 1 is 1.80 bits per heavy atom. The first kappa shape index (κ1) is 8.17. The van der Waals surface area contributed by atoms with Gasteiger partial charge >= 0.3 is 0 Å². The molecule has 0 saturated carbocycles. The molecule has 0 aliphatic heterocycles. The molecule has 1 nitrogen and oxygen atoms in total. The van der Waals surface area contributed by atoms with Gasteiger partial charge in [-0.2, -0.15) is 0 Å². The van der Waals surface area contributed by atoms with Crippen molar-refractivity contribution >= 4 is 27.3 Å². The molecule has 1 atom stereocenters. The van der Waals surface area contributed by atoms with Gasteiger partial charge in [0, 0.05) is 14.7 Å². The van der Waals surface area contributed by atoms with E-state index in [2.05, 4.69) is 15.9 Å². The largest absolute Gasteiger partial charge is 0.321 e. The van der Waals surface area contributed by atoms with Gasteiger partial charge < -0.3 is 5.73 Å². The minimum atomic E-state index is -0.493. The van der Waals surface area contributed by atoms with Crippen LogP contribution in [0.3, 0.4) is 0 Å². The zero-order chi connectivity index (χ0) is 7.56. The van der Waals surface area contributed by atoms with E-state index >= 15 is 0 Å². The van der Waals surface area contributed by atoms with Crippen molar-refractivity contribution in [2.75, 3.05) is 6.67 Å². The van der Waals surface area contributed by atoms with Crippen LogP contribution in [0.1, 0.15) is 10.9 Å². The summed E-state index contributed by atoms with van der Waals surface area (Å²) in [6.07, 6.45) is 0. The Kier molecular flexibility index (Phi) is 2.82. The SMILES string of the molecule is N[C@H](CF)c1cc(Br)cs1. The maximum atomic E-state index is 11.9. The van der Waals surface area contributed by atoms with Crippen molar-refractivity contribution in [3.8, 4) is 0 Å². The lowest BCUT2D eigenvalue weighted by molar-refractivity contribution is 0.440. The predicted octanol–water partition coefficient (Wildman–Crippen LogP) is 2.48. The smallest absolute Gasteiger partial charge is 0.109 e. The van der Waals surface area contributed by atoms with Crippen LogP contribution in [0.4, 0.5) is 4.39 Å². The molecule has 2 N–H and O–H groups in total. The van der Waals surface area contributed by atoms with Crippen molar-refractivity contribution in [1.29, 1.82) is 0 Å². The van der Waals surface area contributed by atoms with Crippen LogP contribution in [-0.2, 0) is 0 Å². The summed E-state index contributed by atoms with van der Waals surface area (Å²) in [6, 6.07) is 1.39. The fourth-order valence-corrected chi connectivity index (χ4v) is 2.03. The van der Waals surface area contributed by atoms with Crippen molar-refractivity contribution in [1.82, 2.24) is 0 Å². The van der Waals surface area contributed by atoms with E-state index < -0.39 is 12.7 Å². The third-order valence-corrected chi connectivity index (χ3v) is 2.94. The van der Waals surface area contributed by atoms with Gasteiger partial charge in [-0.05, 0) is 22.0 Å². The molecule has 1 heterocycles. The molecule has 1 rings (SSSR count). The summed E-state index contributed by atoms with van der Waals surface area (Å²) in [4.78, 5) is 0.884. The van der Waals surface area contributed by atoms with Crippen molar-refractivity contribution in [2.45, 2.75) is 6.04 Å². The summed E-state index contributed by atoms with van der Waals surface area (Å²) in [5.41, 5.74) is 5.42. The van der Waals surface area contributed by atoms with Crippen LogP contribution in [0.2, 0.25) is 0 Å². The van der Waals surface area contributed by atoms with Gasteiger partial charge in [-0.25, -0.2) is 4.39 Å². The molecule has 0 aliphatic rings. The number of halogens is 2. The third kappa shape index (κ3) is 1.78. The average Bonchev–Trinajstić information content (AvgIpc) is 2.34. The number of nitrogens with two attached hydrogens (primary N) is 1. The molecule has 0 saturated heterocycles. The highest BCUT2D eigenvalue weighted by Crippen LogP contribution is 2.24. The first-order chi connectivity index (χ1) is 4.74. The van der Waals surface area contributed by atoms with Crippen LogP contribution in [0.15, 0.2) is 15.9 Å². The van der Waals surface area contributed by atoms with Gasteiger partial charge in [-0.3, -0.25) is 0 Å². The molecule has 0 aromatic carbocycles. The number of hydrogen-bond donors (Lipinski definition) is 1. The van der Waals surface area contributed by atoms with Gasteiger partial charge in [0.1, 0.15) is 6.67 Å². The molecule has 0 unspecified atom stereocenters. The number of thiophene rings is 1. The van der Waals surface area contributed by atoms with E-state index in [0.717, 1.165) is 9.35 Å². The molecule has 0 spiro atoms. The molecule has 0 radical (unpaired) electrons. The minimum Gasteiger partial charge on any atom is -0.321 e. The van der Waals surface area contributed by atoms with E-state index in [4.69, 9.17) is 5.73 Å². The zero-order valence-corrected chi connectivity index (χ0v) is 7.58. The fraction of sp³-hybridized carbons (Fsp3) is 0.333. The monoisotopic (exact) mass is 223 g/mol. The summed E-state index contributed by atoms with van der Waals surface area (Å²) in [6.45, 7) is -0.493. The summed E-state index contributed by atoms with van der Waals surface area (Å²) < 4.78 is 12.9. The molecule has 0 fully saturated rings. The molecule has 4 heteroatoms. The van der Waals surface area contributed by atoms with Gasteiger partial charge in [0.05, 0.1) is 6.04 Å². The van der Waals surface area contributed by atoms with E-state index in [0.29, 0.717) is 0 Å². The van der Waals surface area contributed by atoms with Crippen LogP contribution in [0.5, 0.6) is 0 Å². The molecule has 0 bridgehead atoms. The number of hydrogen-bond acceptors (Lipinski definition) is 2. The Bertz CT molecular complexity index is 213. The van der Waals surface area contributed by atoms with Crippen molar-refractivity contribution in [2.24, 2.45) is 5.73 Å². The Morgan fingerprint density at radius 2 is 2.50 bits per heavy atom. The number of alkyl halides is 1. The minimum absolute atomic E-state index is 0.448. The molecule has 10 heavy (non-hydrogen) atoms. The van der Waals surface area contributed by atoms with Crippen LogP contribution in [-0.4, -0.2) is 6.67 Å². The number of rotatable bonds is 2. The summed E-state index contributed by atoms with van der Waals surface area (Å²) in [5.74, 6) is 0. The maximum absolute atomic E-state index is 11.9. The topological polar surface area (TPSA) is 26.0 Å². The third-order valence-electron chi connectivity index (χ3n) is 1.12. The highest BCUT2D eigenvalue weighted by molar-refractivity contribution is 9.10. The second-order valence-electron chi connectivity index (χ2n) is 1.93. The second kappa shape index (κ2) is 3.46. The highest BCUT2D eigenvalue weighted by atomic mass is 79.9. The Hall–Kier alpha value is 0.0700. The fourth-order valence-electron chi connectivity index (χ4n) is 0.599. The van der Waals surface area contributed by atoms with Gasteiger partial charge in [0.15, 0.2) is 0 Å².